The van der Waals surface area contributed by atoms with E-state index in [-0.39, 0.29) is 0 Å². The molecule has 1 aromatic heterocycles. The molecule has 0 amide bonds. The second-order valence-corrected chi connectivity index (χ2v) is 5.16. The summed E-state index contributed by atoms with van der Waals surface area (Å²) in [5, 5.41) is 1.02. The molecule has 19 heavy (non-hydrogen) atoms. The number of benzene rings is 2. The van der Waals surface area contributed by atoms with Gasteiger partial charge in [0.15, 0.2) is 0 Å². The summed E-state index contributed by atoms with van der Waals surface area (Å²) in [6.45, 7) is 0. The fraction of sp³-hybridized carbons (Fsp3) is 0.0714. The molecule has 0 bridgehead atoms. The number of imidazole rings is 1. The number of halogens is 2. The van der Waals surface area contributed by atoms with Gasteiger partial charge in [0.05, 0.1) is 21.1 Å². The number of anilines is 1. The Morgan fingerprint density at radius 1 is 1.11 bits per heavy atom. The van der Waals surface area contributed by atoms with E-state index in [0.29, 0.717) is 16.5 Å². The number of hydrogen-bond acceptors (Lipinski definition) is 2. The minimum atomic E-state index is 0.506. The van der Waals surface area contributed by atoms with Crippen molar-refractivity contribution < 1.29 is 0 Å². The molecule has 0 spiro atoms. The van der Waals surface area contributed by atoms with Crippen molar-refractivity contribution in [3.05, 3.63) is 57.8 Å². The zero-order chi connectivity index (χ0) is 13.4. The highest BCUT2D eigenvalue weighted by atomic mass is 35.5. The number of nitrogens with one attached hydrogen (secondary N) is 1. The van der Waals surface area contributed by atoms with Gasteiger partial charge in [-0.1, -0.05) is 41.4 Å². The molecule has 3 N–H and O–H groups in total. The first kappa shape index (κ1) is 12.3. The highest BCUT2D eigenvalue weighted by Gasteiger charge is 2.08. The lowest BCUT2D eigenvalue weighted by molar-refractivity contribution is 1.04. The molecule has 5 heteroatoms. The van der Waals surface area contributed by atoms with Crippen LogP contribution in [0.4, 0.5) is 5.69 Å². The van der Waals surface area contributed by atoms with E-state index < -0.39 is 0 Å². The Balaban J connectivity index is 2.00. The third-order valence-electron chi connectivity index (χ3n) is 2.99. The van der Waals surface area contributed by atoms with Crippen LogP contribution in [0, 0.1) is 0 Å². The minimum absolute atomic E-state index is 0.506. The molecule has 0 atom stereocenters. The van der Waals surface area contributed by atoms with Gasteiger partial charge in [-0.15, -0.1) is 0 Å². The minimum Gasteiger partial charge on any atom is -0.398 e. The van der Waals surface area contributed by atoms with E-state index in [0.717, 1.165) is 28.1 Å². The zero-order valence-corrected chi connectivity index (χ0v) is 11.5. The van der Waals surface area contributed by atoms with Crippen LogP contribution in [0.2, 0.25) is 10.0 Å². The molecule has 96 valence electrons. The summed E-state index contributed by atoms with van der Waals surface area (Å²) >= 11 is 12.0. The van der Waals surface area contributed by atoms with Crippen molar-refractivity contribution in [1.82, 2.24) is 9.97 Å². The summed E-state index contributed by atoms with van der Waals surface area (Å²) in [5.41, 5.74) is 9.41. The molecular weight excluding hydrogens is 281 g/mol. The van der Waals surface area contributed by atoms with Gasteiger partial charge in [0, 0.05) is 12.1 Å². The van der Waals surface area contributed by atoms with Crippen molar-refractivity contribution in [2.45, 2.75) is 6.42 Å². The van der Waals surface area contributed by atoms with Gasteiger partial charge in [-0.25, -0.2) is 4.98 Å². The highest BCUT2D eigenvalue weighted by molar-refractivity contribution is 6.42. The molecule has 3 nitrogen and oxygen atoms in total. The largest absolute Gasteiger partial charge is 0.398 e. The maximum atomic E-state index is 5.98. The lowest BCUT2D eigenvalue weighted by atomic mass is 10.1. The van der Waals surface area contributed by atoms with Crippen LogP contribution in [0.3, 0.4) is 0 Å². The highest BCUT2D eigenvalue weighted by Crippen LogP contribution is 2.27. The van der Waals surface area contributed by atoms with E-state index in [1.807, 2.05) is 24.3 Å². The molecule has 0 saturated heterocycles. The molecule has 0 radical (unpaired) electrons. The molecule has 0 unspecified atom stereocenters. The molecule has 3 aromatic rings. The maximum absolute atomic E-state index is 5.98. The summed E-state index contributed by atoms with van der Waals surface area (Å²) in [6.07, 6.45) is 0.649. The van der Waals surface area contributed by atoms with E-state index in [1.165, 1.54) is 0 Å². The molecule has 3 rings (SSSR count). The summed E-state index contributed by atoms with van der Waals surface area (Å²) < 4.78 is 0. The van der Waals surface area contributed by atoms with Crippen molar-refractivity contribution in [3.63, 3.8) is 0 Å². The van der Waals surface area contributed by atoms with Gasteiger partial charge in [-0.3, -0.25) is 0 Å². The van der Waals surface area contributed by atoms with Crippen molar-refractivity contribution >= 4 is 39.9 Å². The Morgan fingerprint density at radius 2 is 1.84 bits per heavy atom. The van der Waals surface area contributed by atoms with Crippen LogP contribution in [0.15, 0.2) is 36.4 Å². The fourth-order valence-corrected chi connectivity index (χ4v) is 2.34. The fourth-order valence-electron chi connectivity index (χ4n) is 2.02. The third-order valence-corrected chi connectivity index (χ3v) is 3.71. The molecule has 0 aliphatic heterocycles. The van der Waals surface area contributed by atoms with Crippen LogP contribution in [-0.4, -0.2) is 9.97 Å². The molecule has 1 heterocycles. The number of para-hydroxylation sites is 1. The number of H-pyrrole nitrogens is 1. The summed E-state index contributed by atoms with van der Waals surface area (Å²) in [6, 6.07) is 11.3. The Hall–Kier alpha value is -1.71. The number of nitrogens with zero attached hydrogens (tertiary/aromatic N) is 1. The number of nitrogen functional groups attached to an aromatic ring is 1. The van der Waals surface area contributed by atoms with Gasteiger partial charge in [0.1, 0.15) is 5.82 Å². The quantitative estimate of drug-likeness (QED) is 0.700. The van der Waals surface area contributed by atoms with Crippen LogP contribution < -0.4 is 5.73 Å². The number of rotatable bonds is 2. The Bertz CT molecular complexity index is 711. The molecule has 0 saturated carbocycles. The average molecular weight is 292 g/mol. The van der Waals surface area contributed by atoms with Gasteiger partial charge in [-0.2, -0.15) is 0 Å². The van der Waals surface area contributed by atoms with Crippen LogP contribution in [-0.2, 0) is 6.42 Å². The normalized spacial score (nSPS) is 11.1. The van der Waals surface area contributed by atoms with Gasteiger partial charge in [0.25, 0.3) is 0 Å². The molecule has 0 aliphatic rings. The number of aromatic nitrogens is 2. The summed E-state index contributed by atoms with van der Waals surface area (Å²) in [7, 11) is 0. The van der Waals surface area contributed by atoms with Crippen LogP contribution >= 0.6 is 23.2 Å². The van der Waals surface area contributed by atoms with Gasteiger partial charge >= 0.3 is 0 Å². The SMILES string of the molecule is Nc1ccccc1Cc1nc2cc(Cl)c(Cl)cc2[nH]1. The van der Waals surface area contributed by atoms with Gasteiger partial charge < -0.3 is 10.7 Å². The Kier molecular flexibility index (Phi) is 3.09. The number of hydrogen-bond donors (Lipinski definition) is 2. The molecular formula is C14H11Cl2N3. The number of aromatic amines is 1. The lowest BCUT2D eigenvalue weighted by Gasteiger charge is -2.01. The second-order valence-electron chi connectivity index (χ2n) is 4.34. The smallest absolute Gasteiger partial charge is 0.111 e. The molecule has 0 fully saturated rings. The molecule has 2 aromatic carbocycles. The maximum Gasteiger partial charge on any atom is 0.111 e. The van der Waals surface area contributed by atoms with Crippen molar-refractivity contribution in [1.29, 1.82) is 0 Å². The van der Waals surface area contributed by atoms with Crippen LogP contribution in [0.1, 0.15) is 11.4 Å². The predicted molar refractivity (Wildman–Crippen MR) is 79.8 cm³/mol. The van der Waals surface area contributed by atoms with E-state index in [9.17, 15) is 0 Å². The van der Waals surface area contributed by atoms with Crippen LogP contribution in [0.5, 0.6) is 0 Å². The first-order chi connectivity index (χ1) is 9.13. The van der Waals surface area contributed by atoms with Crippen molar-refractivity contribution in [2.75, 3.05) is 5.73 Å². The topological polar surface area (TPSA) is 54.7 Å². The summed E-state index contributed by atoms with van der Waals surface area (Å²) in [5.74, 6) is 0.839. The first-order valence-corrected chi connectivity index (χ1v) is 6.56. The Labute approximate surface area is 120 Å². The zero-order valence-electron chi connectivity index (χ0n) is 9.95. The van der Waals surface area contributed by atoms with Gasteiger partial charge in [0.2, 0.25) is 0 Å². The Morgan fingerprint density at radius 3 is 2.63 bits per heavy atom. The number of fused-ring (bicyclic) bond motifs is 1. The first-order valence-electron chi connectivity index (χ1n) is 5.80. The third kappa shape index (κ3) is 2.39. The lowest BCUT2D eigenvalue weighted by Crippen LogP contribution is -1.96. The van der Waals surface area contributed by atoms with E-state index in [2.05, 4.69) is 9.97 Å². The molecule has 0 aliphatic carbocycles. The van der Waals surface area contributed by atoms with Gasteiger partial charge in [-0.05, 0) is 23.8 Å². The van der Waals surface area contributed by atoms with E-state index >= 15 is 0 Å². The standard InChI is InChI=1S/C14H11Cl2N3/c15-9-6-12-13(7-10(9)16)19-14(18-12)5-8-3-1-2-4-11(8)17/h1-4,6-7H,5,17H2,(H,18,19). The van der Waals surface area contributed by atoms with Crippen molar-refractivity contribution in [3.8, 4) is 0 Å². The second kappa shape index (κ2) is 4.76. The monoisotopic (exact) mass is 291 g/mol. The van der Waals surface area contributed by atoms with Crippen LogP contribution in [0.25, 0.3) is 11.0 Å². The summed E-state index contributed by atoms with van der Waals surface area (Å²) in [4.78, 5) is 7.73. The van der Waals surface area contributed by atoms with E-state index in [1.54, 1.807) is 12.1 Å². The average Bonchev–Trinajstić information content (AvgIpc) is 2.74. The van der Waals surface area contributed by atoms with E-state index in [4.69, 9.17) is 28.9 Å². The van der Waals surface area contributed by atoms with Crippen molar-refractivity contribution in [2.24, 2.45) is 0 Å². The predicted octanol–water partition coefficient (Wildman–Crippen LogP) is 4.04. The number of nitrogens with two attached hydrogens (primary N) is 1.